The monoisotopic (exact) mass is 182 g/mol. The van der Waals surface area contributed by atoms with Gasteiger partial charge >= 0.3 is 12.2 Å². The number of carbonyl (C=O) groups excluding carboxylic acids is 1. The third-order valence-corrected chi connectivity index (χ3v) is 2.46. The molecule has 0 spiro atoms. The van der Waals surface area contributed by atoms with Crippen LogP contribution < -0.4 is 0 Å². The zero-order valence-corrected chi connectivity index (χ0v) is 7.77. The molecule has 0 heterocycles. The minimum atomic E-state index is -0.554. The average Bonchev–Trinajstić information content (AvgIpc) is 2.09. The highest BCUT2D eigenvalue weighted by Crippen LogP contribution is 2.25. The third kappa shape index (κ3) is 2.99. The lowest BCUT2D eigenvalue weighted by atomic mass is 9.88. The van der Waals surface area contributed by atoms with Gasteiger partial charge < -0.3 is 10.3 Å². The van der Waals surface area contributed by atoms with Gasteiger partial charge in [-0.1, -0.05) is 13.3 Å². The van der Waals surface area contributed by atoms with Crippen LogP contribution in [0.1, 0.15) is 32.6 Å². The number of hydrogen-bond acceptors (Lipinski definition) is 2. The Bertz CT molecular complexity index is 234. The Labute approximate surface area is 77.5 Å². The molecule has 4 nitrogen and oxygen atoms in total. The lowest BCUT2D eigenvalue weighted by Crippen LogP contribution is -2.28. The summed E-state index contributed by atoms with van der Waals surface area (Å²) >= 11 is 0. The van der Waals surface area contributed by atoms with E-state index in [1.807, 2.05) is 0 Å². The second kappa shape index (κ2) is 4.77. The molecule has 1 saturated carbocycles. The second-order valence-corrected chi connectivity index (χ2v) is 3.48. The number of carbonyl (C=O) groups is 1. The molecule has 0 aromatic rings. The van der Waals surface area contributed by atoms with Crippen molar-refractivity contribution < 1.29 is 14.3 Å². The van der Waals surface area contributed by atoms with Gasteiger partial charge in [-0.25, -0.2) is 4.79 Å². The lowest BCUT2D eigenvalue weighted by molar-refractivity contribution is -0.148. The van der Waals surface area contributed by atoms with E-state index in [1.165, 1.54) is 6.42 Å². The maximum atomic E-state index is 10.9. The van der Waals surface area contributed by atoms with Crippen LogP contribution in [0.2, 0.25) is 0 Å². The molecule has 2 atom stereocenters. The molecule has 0 aromatic carbocycles. The summed E-state index contributed by atoms with van der Waals surface area (Å²) in [6.07, 6.45) is 5.14. The van der Waals surface area contributed by atoms with E-state index in [0.717, 1.165) is 25.5 Å². The van der Waals surface area contributed by atoms with Gasteiger partial charge in [0.05, 0.1) is 0 Å². The summed E-state index contributed by atoms with van der Waals surface area (Å²) < 4.78 is 5.10. The number of esters is 1. The predicted molar refractivity (Wildman–Crippen MR) is 47.2 cm³/mol. The zero-order chi connectivity index (χ0) is 9.68. The van der Waals surface area contributed by atoms with Crippen molar-refractivity contribution in [2.75, 3.05) is 0 Å². The van der Waals surface area contributed by atoms with Gasteiger partial charge in [0.1, 0.15) is 6.10 Å². The summed E-state index contributed by atoms with van der Waals surface area (Å²) in [6.45, 7) is 2.08. The van der Waals surface area contributed by atoms with E-state index in [9.17, 15) is 4.79 Å². The van der Waals surface area contributed by atoms with E-state index < -0.39 is 5.97 Å². The van der Waals surface area contributed by atoms with Crippen molar-refractivity contribution in [2.45, 2.75) is 38.7 Å². The van der Waals surface area contributed by atoms with Crippen molar-refractivity contribution in [3.63, 3.8) is 0 Å². The summed E-state index contributed by atoms with van der Waals surface area (Å²) in [6, 6.07) is 0. The fourth-order valence-corrected chi connectivity index (χ4v) is 1.68. The Balaban J connectivity index is 2.42. The first kappa shape index (κ1) is 9.93. The topological polar surface area (TPSA) is 62.7 Å². The van der Waals surface area contributed by atoms with Crippen LogP contribution in [0.25, 0.3) is 5.53 Å². The van der Waals surface area contributed by atoms with Crippen molar-refractivity contribution >= 4 is 12.2 Å². The minimum Gasteiger partial charge on any atom is -0.454 e. The minimum absolute atomic E-state index is 0.000694. The summed E-state index contributed by atoms with van der Waals surface area (Å²) in [5, 5.41) is 0. The van der Waals surface area contributed by atoms with Crippen LogP contribution in [0.15, 0.2) is 0 Å². The van der Waals surface area contributed by atoms with Crippen LogP contribution in [-0.2, 0) is 9.53 Å². The second-order valence-electron chi connectivity index (χ2n) is 3.48. The average molecular weight is 182 g/mol. The summed E-state index contributed by atoms with van der Waals surface area (Å²) in [5.74, 6) is -0.133. The molecule has 1 rings (SSSR count). The number of nitrogens with zero attached hydrogens (tertiary/aromatic N) is 2. The van der Waals surface area contributed by atoms with Gasteiger partial charge in [0.25, 0.3) is 0 Å². The van der Waals surface area contributed by atoms with Crippen molar-refractivity contribution in [2.24, 2.45) is 5.92 Å². The number of ether oxygens (including phenoxy) is 1. The Morgan fingerprint density at radius 1 is 1.54 bits per heavy atom. The fraction of sp³-hybridized carbons (Fsp3) is 0.778. The van der Waals surface area contributed by atoms with Gasteiger partial charge in [0, 0.05) is 0 Å². The highest BCUT2D eigenvalue weighted by Gasteiger charge is 2.24. The quantitative estimate of drug-likeness (QED) is 0.280. The molecule has 0 radical (unpaired) electrons. The Hall–Kier alpha value is -1.15. The molecular weight excluding hydrogens is 168 g/mol. The number of rotatable bonds is 2. The largest absolute Gasteiger partial charge is 0.454 e. The van der Waals surface area contributed by atoms with Crippen molar-refractivity contribution in [1.29, 1.82) is 0 Å². The van der Waals surface area contributed by atoms with E-state index in [-0.39, 0.29) is 6.10 Å². The zero-order valence-electron chi connectivity index (χ0n) is 7.77. The third-order valence-electron chi connectivity index (χ3n) is 2.46. The summed E-state index contributed by atoms with van der Waals surface area (Å²) in [7, 11) is 0. The van der Waals surface area contributed by atoms with Gasteiger partial charge in [-0.15, -0.1) is 0 Å². The lowest BCUT2D eigenvalue weighted by Gasteiger charge is -2.27. The standard InChI is InChI=1S/C9H14N2O2/c1-7-4-2-3-5-8(7)13-9(12)6-11-10/h6-8H,2-5H2,1H3/t7-,8+/m1/s1. The molecule has 0 amide bonds. The first-order valence-electron chi connectivity index (χ1n) is 4.62. The SMILES string of the molecule is C[C@@H]1CCCC[C@@H]1OC(=O)C=[N+]=[N-]. The van der Waals surface area contributed by atoms with E-state index >= 15 is 0 Å². The Morgan fingerprint density at radius 3 is 2.85 bits per heavy atom. The summed E-state index contributed by atoms with van der Waals surface area (Å²) in [5.41, 5.74) is 8.10. The molecular formula is C9H14N2O2. The van der Waals surface area contributed by atoms with Gasteiger partial charge in [-0.3, -0.25) is 0 Å². The Kier molecular flexibility index (Phi) is 3.65. The molecule has 0 aliphatic heterocycles. The molecule has 1 fully saturated rings. The highest BCUT2D eigenvalue weighted by atomic mass is 16.5. The maximum absolute atomic E-state index is 10.9. The maximum Gasteiger partial charge on any atom is 0.413 e. The Morgan fingerprint density at radius 2 is 2.23 bits per heavy atom. The van der Waals surface area contributed by atoms with Crippen molar-refractivity contribution in [3.05, 3.63) is 5.53 Å². The fourth-order valence-electron chi connectivity index (χ4n) is 1.68. The van der Waals surface area contributed by atoms with E-state index in [4.69, 9.17) is 10.3 Å². The van der Waals surface area contributed by atoms with E-state index in [2.05, 4.69) is 11.7 Å². The smallest absolute Gasteiger partial charge is 0.413 e. The molecule has 0 unspecified atom stereocenters. The van der Waals surface area contributed by atoms with Crippen LogP contribution >= 0.6 is 0 Å². The van der Waals surface area contributed by atoms with Crippen LogP contribution in [0, 0.1) is 5.92 Å². The highest BCUT2D eigenvalue weighted by molar-refractivity contribution is 6.20. The predicted octanol–water partition coefficient (Wildman–Crippen LogP) is 1.41. The van der Waals surface area contributed by atoms with E-state index in [0.29, 0.717) is 5.92 Å². The molecule has 0 aromatic heterocycles. The molecule has 0 saturated heterocycles. The normalized spacial score (nSPS) is 27.5. The molecule has 0 bridgehead atoms. The van der Waals surface area contributed by atoms with Crippen molar-refractivity contribution in [3.8, 4) is 0 Å². The molecule has 1 aliphatic rings. The molecule has 72 valence electrons. The van der Waals surface area contributed by atoms with Crippen LogP contribution in [-0.4, -0.2) is 23.1 Å². The van der Waals surface area contributed by atoms with Crippen LogP contribution in [0.5, 0.6) is 0 Å². The molecule has 13 heavy (non-hydrogen) atoms. The number of hydrogen-bond donors (Lipinski definition) is 0. The van der Waals surface area contributed by atoms with Crippen LogP contribution in [0.3, 0.4) is 0 Å². The summed E-state index contributed by atoms with van der Waals surface area (Å²) in [4.78, 5) is 13.6. The molecule has 0 N–H and O–H groups in total. The van der Waals surface area contributed by atoms with Gasteiger partial charge in [0.15, 0.2) is 0 Å². The first-order valence-corrected chi connectivity index (χ1v) is 4.62. The van der Waals surface area contributed by atoms with Gasteiger partial charge in [-0.2, -0.15) is 4.79 Å². The van der Waals surface area contributed by atoms with E-state index in [1.54, 1.807) is 0 Å². The molecule has 4 heteroatoms. The molecule has 1 aliphatic carbocycles. The van der Waals surface area contributed by atoms with Gasteiger partial charge in [-0.05, 0) is 25.2 Å². The van der Waals surface area contributed by atoms with Gasteiger partial charge in [0.2, 0.25) is 0 Å². The van der Waals surface area contributed by atoms with Crippen molar-refractivity contribution in [1.82, 2.24) is 0 Å². The van der Waals surface area contributed by atoms with Crippen LogP contribution in [0.4, 0.5) is 0 Å². The first-order chi connectivity index (χ1) is 6.24.